The number of halogens is 2. The summed E-state index contributed by atoms with van der Waals surface area (Å²) in [6, 6.07) is 5.50. The highest BCUT2D eigenvalue weighted by Gasteiger charge is 2.14. The number of nitrogens with zero attached hydrogens (tertiary/aromatic N) is 2. The van der Waals surface area contributed by atoms with E-state index in [1.54, 1.807) is 17.2 Å². The molecule has 0 aliphatic heterocycles. The van der Waals surface area contributed by atoms with E-state index in [1.807, 2.05) is 26.1 Å². The molecule has 0 aromatic carbocycles. The molecule has 0 unspecified atom stereocenters. The molecule has 2 rings (SSSR count). The van der Waals surface area contributed by atoms with E-state index in [2.05, 4.69) is 10.3 Å². The molecule has 1 N–H and O–H groups in total. The Morgan fingerprint density at radius 1 is 1.40 bits per heavy atom. The highest BCUT2D eigenvalue weighted by molar-refractivity contribution is 7.16. The van der Waals surface area contributed by atoms with Gasteiger partial charge < -0.3 is 10.2 Å². The number of pyridine rings is 1. The van der Waals surface area contributed by atoms with Gasteiger partial charge in [-0.1, -0.05) is 18.5 Å². The van der Waals surface area contributed by atoms with E-state index in [1.165, 1.54) is 11.3 Å². The summed E-state index contributed by atoms with van der Waals surface area (Å²) < 4.78 is 15.1. The van der Waals surface area contributed by atoms with E-state index in [0.717, 1.165) is 15.8 Å². The van der Waals surface area contributed by atoms with Gasteiger partial charge in [-0.2, -0.15) is 0 Å². The van der Waals surface area contributed by atoms with Crippen molar-refractivity contribution in [1.82, 2.24) is 10.3 Å². The number of hydrogen-bond donors (Lipinski definition) is 1. The van der Waals surface area contributed by atoms with Crippen molar-refractivity contribution < 1.29 is 4.39 Å². The van der Waals surface area contributed by atoms with E-state index in [4.69, 9.17) is 11.6 Å². The van der Waals surface area contributed by atoms with Gasteiger partial charge in [0.15, 0.2) is 11.6 Å². The summed E-state index contributed by atoms with van der Waals surface area (Å²) in [4.78, 5) is 7.02. The smallest absolute Gasteiger partial charge is 0.170 e. The molecule has 0 saturated carbocycles. The maximum absolute atomic E-state index is 14.4. The molecule has 2 heterocycles. The zero-order valence-corrected chi connectivity index (χ0v) is 13.1. The molecule has 3 nitrogen and oxygen atoms in total. The van der Waals surface area contributed by atoms with Crippen LogP contribution in [0.2, 0.25) is 4.34 Å². The minimum Gasteiger partial charge on any atom is -0.352 e. The molecule has 20 heavy (non-hydrogen) atoms. The van der Waals surface area contributed by atoms with Crippen LogP contribution in [0.15, 0.2) is 24.4 Å². The standard InChI is InChI=1S/C14H17ClFN3S/c1-3-17-8-10-6-7-18-14(13(10)16)19(2)9-11-4-5-12(15)20-11/h4-7,17H,3,8-9H2,1-2H3. The molecular formula is C14H17ClFN3S. The van der Waals surface area contributed by atoms with Gasteiger partial charge in [-0.05, 0) is 24.7 Å². The molecule has 0 atom stereocenters. The lowest BCUT2D eigenvalue weighted by Crippen LogP contribution is -2.20. The zero-order valence-electron chi connectivity index (χ0n) is 11.5. The van der Waals surface area contributed by atoms with Crippen LogP contribution in [0.25, 0.3) is 0 Å². The molecule has 0 amide bonds. The molecule has 6 heteroatoms. The molecule has 0 aliphatic rings. The van der Waals surface area contributed by atoms with Gasteiger partial charge in [0.25, 0.3) is 0 Å². The fourth-order valence-corrected chi connectivity index (χ4v) is 3.02. The van der Waals surface area contributed by atoms with Crippen molar-refractivity contribution in [2.24, 2.45) is 0 Å². The van der Waals surface area contributed by atoms with E-state index in [0.29, 0.717) is 24.5 Å². The first-order valence-corrected chi connectivity index (χ1v) is 7.60. The van der Waals surface area contributed by atoms with Crippen molar-refractivity contribution in [3.05, 3.63) is 45.0 Å². The van der Waals surface area contributed by atoms with Gasteiger partial charge >= 0.3 is 0 Å². The molecule has 0 radical (unpaired) electrons. The van der Waals surface area contributed by atoms with Crippen molar-refractivity contribution in [2.45, 2.75) is 20.0 Å². The van der Waals surface area contributed by atoms with Crippen molar-refractivity contribution in [2.75, 3.05) is 18.5 Å². The third kappa shape index (κ3) is 3.69. The van der Waals surface area contributed by atoms with Crippen LogP contribution in [-0.2, 0) is 13.1 Å². The van der Waals surface area contributed by atoms with E-state index >= 15 is 0 Å². The molecule has 2 aromatic heterocycles. The first-order chi connectivity index (χ1) is 9.61. The van der Waals surface area contributed by atoms with Crippen LogP contribution in [0.1, 0.15) is 17.4 Å². The summed E-state index contributed by atoms with van der Waals surface area (Å²) in [5, 5.41) is 3.12. The van der Waals surface area contributed by atoms with Gasteiger partial charge in [0, 0.05) is 30.2 Å². The summed E-state index contributed by atoms with van der Waals surface area (Å²) in [6.45, 7) is 3.90. The second kappa shape index (κ2) is 7.02. The fourth-order valence-electron chi connectivity index (χ4n) is 1.88. The van der Waals surface area contributed by atoms with Crippen LogP contribution in [-0.4, -0.2) is 18.6 Å². The lowest BCUT2D eigenvalue weighted by Gasteiger charge is -2.19. The zero-order chi connectivity index (χ0) is 14.5. The fraction of sp³-hybridized carbons (Fsp3) is 0.357. The monoisotopic (exact) mass is 313 g/mol. The predicted molar refractivity (Wildman–Crippen MR) is 83.0 cm³/mol. The van der Waals surface area contributed by atoms with Gasteiger partial charge in [0.2, 0.25) is 0 Å². The van der Waals surface area contributed by atoms with Crippen LogP contribution in [0.4, 0.5) is 10.2 Å². The minimum absolute atomic E-state index is 0.265. The van der Waals surface area contributed by atoms with Gasteiger partial charge in [-0.15, -0.1) is 11.3 Å². The number of nitrogens with one attached hydrogen (secondary N) is 1. The molecule has 0 aliphatic carbocycles. The third-order valence-corrected chi connectivity index (χ3v) is 4.12. The molecule has 0 bridgehead atoms. The average molecular weight is 314 g/mol. The highest BCUT2D eigenvalue weighted by atomic mass is 35.5. The number of hydrogen-bond acceptors (Lipinski definition) is 4. The Morgan fingerprint density at radius 3 is 2.85 bits per heavy atom. The summed E-state index contributed by atoms with van der Waals surface area (Å²) in [7, 11) is 1.83. The van der Waals surface area contributed by atoms with Crippen LogP contribution < -0.4 is 10.2 Å². The average Bonchev–Trinajstić information content (AvgIpc) is 2.83. The molecular weight excluding hydrogens is 297 g/mol. The number of thiophene rings is 1. The van der Waals surface area contributed by atoms with Crippen molar-refractivity contribution >= 4 is 28.8 Å². The summed E-state index contributed by atoms with van der Waals surface area (Å²) in [5.74, 6) is 0.100. The van der Waals surface area contributed by atoms with Gasteiger partial charge in [-0.25, -0.2) is 9.37 Å². The van der Waals surface area contributed by atoms with Gasteiger partial charge in [0.05, 0.1) is 10.9 Å². The Bertz CT molecular complexity index is 573. The molecule has 0 saturated heterocycles. The minimum atomic E-state index is -0.265. The Kier molecular flexibility index (Phi) is 5.34. The van der Waals surface area contributed by atoms with Crippen molar-refractivity contribution in [3.8, 4) is 0 Å². The largest absolute Gasteiger partial charge is 0.352 e. The molecule has 0 spiro atoms. The summed E-state index contributed by atoms with van der Waals surface area (Å²) in [6.07, 6.45) is 1.64. The maximum Gasteiger partial charge on any atom is 0.170 e. The Hall–Kier alpha value is -1.17. The lowest BCUT2D eigenvalue weighted by molar-refractivity contribution is 0.583. The van der Waals surface area contributed by atoms with Crippen molar-refractivity contribution in [1.29, 1.82) is 0 Å². The molecule has 0 fully saturated rings. The first kappa shape index (κ1) is 15.2. The van der Waals surface area contributed by atoms with E-state index in [9.17, 15) is 4.39 Å². The number of anilines is 1. The molecule has 108 valence electrons. The Labute approximate surface area is 127 Å². The van der Waals surface area contributed by atoms with Gasteiger partial charge in [0.1, 0.15) is 0 Å². The molecule has 2 aromatic rings. The normalized spacial score (nSPS) is 10.8. The second-order valence-electron chi connectivity index (χ2n) is 4.45. The van der Waals surface area contributed by atoms with Crippen LogP contribution in [0, 0.1) is 5.82 Å². The third-order valence-electron chi connectivity index (χ3n) is 2.90. The Morgan fingerprint density at radius 2 is 2.20 bits per heavy atom. The van der Waals surface area contributed by atoms with E-state index in [-0.39, 0.29) is 5.82 Å². The van der Waals surface area contributed by atoms with Crippen LogP contribution in [0.5, 0.6) is 0 Å². The first-order valence-electron chi connectivity index (χ1n) is 6.41. The maximum atomic E-state index is 14.4. The predicted octanol–water partition coefficient (Wildman–Crippen LogP) is 3.68. The quantitative estimate of drug-likeness (QED) is 0.881. The number of aromatic nitrogens is 1. The SMILES string of the molecule is CCNCc1ccnc(N(C)Cc2ccc(Cl)s2)c1F. The van der Waals surface area contributed by atoms with Crippen LogP contribution in [0.3, 0.4) is 0 Å². The summed E-state index contributed by atoms with van der Waals surface area (Å²) >= 11 is 7.40. The summed E-state index contributed by atoms with van der Waals surface area (Å²) in [5.41, 5.74) is 0.632. The lowest BCUT2D eigenvalue weighted by atomic mass is 10.2. The Balaban J connectivity index is 2.14. The van der Waals surface area contributed by atoms with Crippen LogP contribution >= 0.6 is 22.9 Å². The van der Waals surface area contributed by atoms with Gasteiger partial charge in [-0.3, -0.25) is 0 Å². The highest BCUT2D eigenvalue weighted by Crippen LogP contribution is 2.25. The van der Waals surface area contributed by atoms with E-state index < -0.39 is 0 Å². The van der Waals surface area contributed by atoms with Crippen molar-refractivity contribution in [3.63, 3.8) is 0 Å². The second-order valence-corrected chi connectivity index (χ2v) is 6.25. The topological polar surface area (TPSA) is 28.2 Å². The number of rotatable bonds is 6.